The second kappa shape index (κ2) is 12.6. The third kappa shape index (κ3) is 6.32. The van der Waals surface area contributed by atoms with Gasteiger partial charge in [0.25, 0.3) is 5.91 Å². The normalized spacial score (nSPS) is 11.5. The van der Waals surface area contributed by atoms with E-state index in [1.54, 1.807) is 44.2 Å². The molecule has 1 heterocycles. The van der Waals surface area contributed by atoms with E-state index in [0.717, 1.165) is 0 Å². The predicted molar refractivity (Wildman–Crippen MR) is 157 cm³/mol. The first-order chi connectivity index (χ1) is 19.6. The van der Waals surface area contributed by atoms with E-state index in [1.165, 1.54) is 48.9 Å². The van der Waals surface area contributed by atoms with E-state index in [9.17, 15) is 18.0 Å². The quantitative estimate of drug-likeness (QED) is 0.250. The Morgan fingerprint density at radius 1 is 0.951 bits per heavy atom. The van der Waals surface area contributed by atoms with E-state index in [4.69, 9.17) is 30.2 Å². The van der Waals surface area contributed by atoms with Crippen LogP contribution in [-0.4, -0.2) is 52.5 Å². The number of anilines is 1. The molecular formula is C29H29ClN2O8S. The molecule has 0 bridgehead atoms. The predicted octanol–water partition coefficient (Wildman–Crippen LogP) is 5.18. The summed E-state index contributed by atoms with van der Waals surface area (Å²) < 4.78 is 49.2. The Balaban J connectivity index is 1.61. The third-order valence-corrected chi connectivity index (χ3v) is 8.58. The second-order valence-corrected chi connectivity index (χ2v) is 11.1. The smallest absolute Gasteiger partial charge is 0.262 e. The summed E-state index contributed by atoms with van der Waals surface area (Å²) >= 11 is 6.11. The van der Waals surface area contributed by atoms with Crippen LogP contribution in [-0.2, 0) is 14.8 Å². The highest BCUT2D eigenvalue weighted by Gasteiger charge is 2.22. The van der Waals surface area contributed by atoms with Gasteiger partial charge in [-0.2, -0.15) is 4.31 Å². The molecule has 0 spiro atoms. The summed E-state index contributed by atoms with van der Waals surface area (Å²) in [6.07, 6.45) is 0. The first-order valence-electron chi connectivity index (χ1n) is 12.6. The van der Waals surface area contributed by atoms with Crippen LogP contribution in [0.15, 0.2) is 74.8 Å². The zero-order valence-corrected chi connectivity index (χ0v) is 24.5. The molecule has 1 aromatic heterocycles. The Hall–Kier alpha value is -4.06. The summed E-state index contributed by atoms with van der Waals surface area (Å²) in [5.41, 5.74) is 0.574. The number of benzene rings is 3. The van der Waals surface area contributed by atoms with Crippen LogP contribution in [0.1, 0.15) is 13.8 Å². The minimum Gasteiger partial charge on any atom is -0.493 e. The number of nitrogens with one attached hydrogen (secondary N) is 1. The van der Waals surface area contributed by atoms with Crippen molar-refractivity contribution >= 4 is 44.2 Å². The van der Waals surface area contributed by atoms with Crippen LogP contribution in [0.5, 0.6) is 17.2 Å². The molecule has 1 amide bonds. The maximum absolute atomic E-state index is 13.5. The van der Waals surface area contributed by atoms with E-state index in [2.05, 4.69) is 5.32 Å². The average molecular weight is 601 g/mol. The maximum atomic E-state index is 13.5. The van der Waals surface area contributed by atoms with Gasteiger partial charge < -0.3 is 23.9 Å². The fraction of sp³-hybridized carbons (Fsp3) is 0.241. The van der Waals surface area contributed by atoms with Gasteiger partial charge in [0.15, 0.2) is 23.9 Å². The summed E-state index contributed by atoms with van der Waals surface area (Å²) in [5.74, 6) is 0.198. The van der Waals surface area contributed by atoms with Crippen molar-refractivity contribution in [3.63, 3.8) is 0 Å². The van der Waals surface area contributed by atoms with E-state index >= 15 is 0 Å². The van der Waals surface area contributed by atoms with Crippen LogP contribution >= 0.6 is 11.6 Å². The lowest BCUT2D eigenvalue weighted by atomic mass is 10.1. The second-order valence-electron chi connectivity index (χ2n) is 8.75. The number of halogens is 1. The van der Waals surface area contributed by atoms with E-state index < -0.39 is 28.0 Å². The largest absolute Gasteiger partial charge is 0.493 e. The van der Waals surface area contributed by atoms with Gasteiger partial charge in [-0.25, -0.2) is 8.42 Å². The van der Waals surface area contributed by atoms with Crippen LogP contribution in [0, 0.1) is 0 Å². The first kappa shape index (κ1) is 29.9. The third-order valence-electron chi connectivity index (χ3n) is 6.29. The minimum absolute atomic E-state index is 0.0875. The van der Waals surface area contributed by atoms with E-state index in [0.29, 0.717) is 40.9 Å². The van der Waals surface area contributed by atoms with Gasteiger partial charge >= 0.3 is 0 Å². The Morgan fingerprint density at radius 2 is 1.63 bits per heavy atom. The van der Waals surface area contributed by atoms with Crippen LogP contribution < -0.4 is 25.0 Å². The number of carbonyl (C=O) groups excluding carboxylic acids is 1. The topological polar surface area (TPSA) is 124 Å². The number of nitrogens with zero attached hydrogens (tertiary/aromatic N) is 1. The van der Waals surface area contributed by atoms with Crippen molar-refractivity contribution in [3.8, 4) is 28.6 Å². The minimum atomic E-state index is -3.63. The van der Waals surface area contributed by atoms with Crippen LogP contribution in [0.3, 0.4) is 0 Å². The molecule has 4 rings (SSSR count). The fourth-order valence-electron chi connectivity index (χ4n) is 4.21. The van der Waals surface area contributed by atoms with Gasteiger partial charge in [-0.05, 0) is 60.7 Å². The van der Waals surface area contributed by atoms with Gasteiger partial charge in [-0.1, -0.05) is 25.4 Å². The lowest BCUT2D eigenvalue weighted by molar-refractivity contribution is -0.118. The van der Waals surface area contributed by atoms with Crippen molar-refractivity contribution in [3.05, 3.63) is 75.9 Å². The molecule has 0 fully saturated rings. The Bertz CT molecular complexity index is 1730. The van der Waals surface area contributed by atoms with Gasteiger partial charge in [0.05, 0.1) is 24.5 Å². The van der Waals surface area contributed by atoms with Crippen LogP contribution in [0.25, 0.3) is 22.3 Å². The summed E-state index contributed by atoms with van der Waals surface area (Å²) in [6.45, 7) is 3.67. The van der Waals surface area contributed by atoms with Crippen molar-refractivity contribution in [2.45, 2.75) is 18.7 Å². The molecule has 12 heteroatoms. The van der Waals surface area contributed by atoms with Crippen molar-refractivity contribution in [2.24, 2.45) is 0 Å². The van der Waals surface area contributed by atoms with Gasteiger partial charge in [0.2, 0.25) is 21.2 Å². The molecule has 1 N–H and O–H groups in total. The lowest BCUT2D eigenvalue weighted by Gasteiger charge is -2.18. The molecule has 10 nitrogen and oxygen atoms in total. The van der Waals surface area contributed by atoms with Crippen molar-refractivity contribution in [2.75, 3.05) is 39.2 Å². The summed E-state index contributed by atoms with van der Waals surface area (Å²) in [7, 11) is -0.653. The lowest BCUT2D eigenvalue weighted by Crippen LogP contribution is -2.30. The molecule has 0 radical (unpaired) electrons. The van der Waals surface area contributed by atoms with Gasteiger partial charge in [0, 0.05) is 29.4 Å². The molecule has 0 aliphatic heterocycles. The van der Waals surface area contributed by atoms with E-state index in [1.807, 2.05) is 0 Å². The van der Waals surface area contributed by atoms with Gasteiger partial charge in [0.1, 0.15) is 5.58 Å². The highest BCUT2D eigenvalue weighted by Crippen LogP contribution is 2.37. The van der Waals surface area contributed by atoms with E-state index in [-0.39, 0.29) is 27.4 Å². The number of amides is 1. The Labute approximate surface area is 242 Å². The SMILES string of the molecule is CCN(CC)S(=O)(=O)c1ccc(NC(=O)COc2c(-c3ccc(OC)c(OC)c3)oc3ccc(Cl)cc3c2=O)cc1. The zero-order valence-electron chi connectivity index (χ0n) is 22.9. The molecule has 3 aromatic carbocycles. The van der Waals surface area contributed by atoms with Crippen molar-refractivity contribution in [1.82, 2.24) is 4.31 Å². The van der Waals surface area contributed by atoms with Crippen molar-refractivity contribution in [1.29, 1.82) is 0 Å². The number of hydrogen-bond donors (Lipinski definition) is 1. The van der Waals surface area contributed by atoms with Gasteiger partial charge in [-0.3, -0.25) is 9.59 Å². The molecule has 0 saturated carbocycles. The number of fused-ring (bicyclic) bond motifs is 1. The van der Waals surface area contributed by atoms with Gasteiger partial charge in [-0.15, -0.1) is 0 Å². The molecule has 0 atom stereocenters. The highest BCUT2D eigenvalue weighted by molar-refractivity contribution is 7.89. The number of rotatable bonds is 11. The fourth-order valence-corrected chi connectivity index (χ4v) is 5.84. The summed E-state index contributed by atoms with van der Waals surface area (Å²) in [4.78, 5) is 26.4. The monoisotopic (exact) mass is 600 g/mol. The Kier molecular flexibility index (Phi) is 9.21. The number of hydrogen-bond acceptors (Lipinski definition) is 8. The molecule has 4 aromatic rings. The van der Waals surface area contributed by atoms with Crippen LogP contribution in [0.2, 0.25) is 5.02 Å². The Morgan fingerprint density at radius 3 is 2.27 bits per heavy atom. The number of methoxy groups -OCH3 is 2. The number of sulfonamides is 1. The maximum Gasteiger partial charge on any atom is 0.262 e. The summed E-state index contributed by atoms with van der Waals surface area (Å²) in [6, 6.07) is 15.4. The van der Waals surface area contributed by atoms with Crippen molar-refractivity contribution < 1.29 is 31.8 Å². The molecule has 0 unspecified atom stereocenters. The average Bonchev–Trinajstić information content (AvgIpc) is 2.97. The summed E-state index contributed by atoms with van der Waals surface area (Å²) in [5, 5.41) is 3.16. The zero-order chi connectivity index (χ0) is 29.7. The number of carbonyl (C=O) groups is 1. The number of ether oxygens (including phenoxy) is 3. The van der Waals surface area contributed by atoms with Crippen LogP contribution in [0.4, 0.5) is 5.69 Å². The molecular weight excluding hydrogens is 572 g/mol. The molecule has 0 saturated heterocycles. The molecule has 216 valence electrons. The molecule has 41 heavy (non-hydrogen) atoms. The standard InChI is InChI=1S/C29H29ClN2O8S/c1-5-32(6-2)41(35,36)21-11-9-20(10-12-21)31-26(33)17-39-29-27(34)22-16-19(30)8-14-23(22)40-28(29)18-7-13-24(37-3)25(15-18)38-4/h7-16H,5-6,17H2,1-4H3,(H,31,33). The first-order valence-corrected chi connectivity index (χ1v) is 14.5. The highest BCUT2D eigenvalue weighted by atomic mass is 35.5. The molecule has 0 aliphatic carbocycles. The molecule has 0 aliphatic rings.